The number of rotatable bonds is 7. The van der Waals surface area contributed by atoms with Crippen molar-refractivity contribution >= 4 is 45.1 Å². The van der Waals surface area contributed by atoms with Crippen LogP contribution in [0.15, 0.2) is 48.5 Å². The van der Waals surface area contributed by atoms with E-state index in [1.165, 1.54) is 11.8 Å². The van der Waals surface area contributed by atoms with Gasteiger partial charge < -0.3 is 19.4 Å². The van der Waals surface area contributed by atoms with Gasteiger partial charge in [-0.1, -0.05) is 41.9 Å². The van der Waals surface area contributed by atoms with E-state index >= 15 is 0 Å². The van der Waals surface area contributed by atoms with Crippen molar-refractivity contribution in [3.05, 3.63) is 53.6 Å². The molecule has 2 aromatic carbocycles. The number of aromatic nitrogens is 3. The highest BCUT2D eigenvalue weighted by molar-refractivity contribution is 6.36. The van der Waals surface area contributed by atoms with Crippen LogP contribution in [0.4, 0.5) is 10.2 Å². The lowest BCUT2D eigenvalue weighted by Gasteiger charge is -2.41. The summed E-state index contributed by atoms with van der Waals surface area (Å²) < 4.78 is 20.2. The number of carbonyl (C=O) groups excluding carboxylic acids is 1. The quantitative estimate of drug-likeness (QED) is 0.283. The summed E-state index contributed by atoms with van der Waals surface area (Å²) in [5.41, 5.74) is 2.07. The highest BCUT2D eigenvalue weighted by Crippen LogP contribution is 2.35. The molecule has 0 radical (unpaired) electrons. The fourth-order valence-electron chi connectivity index (χ4n) is 6.15. The Balaban J connectivity index is 1.41. The Kier molecular flexibility index (Phi) is 8.28. The summed E-state index contributed by atoms with van der Waals surface area (Å²) >= 11 is 6.63. The number of likely N-dealkylation sites (N-methyl/N-ethyl adjacent to an activating group) is 1. The number of nitrogens with zero attached hydrogens (tertiary/aromatic N) is 7. The third-order valence-electron chi connectivity index (χ3n) is 8.46. The monoisotopic (exact) mass is 601 g/mol. The van der Waals surface area contributed by atoms with E-state index in [1.54, 1.807) is 0 Å². The number of ether oxygens (including phenoxy) is 1. The van der Waals surface area contributed by atoms with Crippen LogP contribution in [0, 0.1) is 11.3 Å². The summed E-state index contributed by atoms with van der Waals surface area (Å²) in [7, 11) is 2.09. The van der Waals surface area contributed by atoms with Crippen molar-refractivity contribution in [1.29, 1.82) is 5.26 Å². The summed E-state index contributed by atoms with van der Waals surface area (Å²) in [6.45, 7) is 3.72. The number of halogens is 2. The van der Waals surface area contributed by atoms with Crippen molar-refractivity contribution in [3.8, 4) is 23.3 Å². The fraction of sp³-hybridized carbons (Fsp3) is 0.406. The van der Waals surface area contributed by atoms with E-state index < -0.39 is 18.1 Å². The van der Waals surface area contributed by atoms with Gasteiger partial charge in [0.15, 0.2) is 11.8 Å². The van der Waals surface area contributed by atoms with Gasteiger partial charge in [-0.05, 0) is 56.9 Å². The first-order chi connectivity index (χ1) is 20.8. The van der Waals surface area contributed by atoms with Crippen LogP contribution in [0.5, 0.6) is 6.01 Å². The summed E-state index contributed by atoms with van der Waals surface area (Å²) in [5.74, 6) is 0.00956. The average molecular weight is 602 g/mol. The number of fused-ring (bicyclic) bond motifs is 2. The molecule has 2 saturated heterocycles. The number of piperazine rings is 1. The molecule has 4 heterocycles. The number of amides is 1. The van der Waals surface area contributed by atoms with Gasteiger partial charge in [-0.25, -0.2) is 9.37 Å². The van der Waals surface area contributed by atoms with E-state index in [-0.39, 0.29) is 25.0 Å². The minimum atomic E-state index is -1.63. The molecule has 2 aliphatic rings. The number of benzene rings is 2. The van der Waals surface area contributed by atoms with Crippen molar-refractivity contribution < 1.29 is 13.9 Å². The van der Waals surface area contributed by atoms with Gasteiger partial charge in [0.1, 0.15) is 12.4 Å². The molecule has 0 spiro atoms. The van der Waals surface area contributed by atoms with Crippen LogP contribution in [0.3, 0.4) is 0 Å². The lowest BCUT2D eigenvalue weighted by atomic mass is 10.0. The first kappa shape index (κ1) is 29.0. The van der Waals surface area contributed by atoms with E-state index in [0.717, 1.165) is 41.1 Å². The van der Waals surface area contributed by atoms with E-state index in [9.17, 15) is 14.4 Å². The number of likely N-dealkylation sites (tertiary alicyclic amines) is 1. The number of pyridine rings is 1. The van der Waals surface area contributed by atoms with Gasteiger partial charge in [0.05, 0.1) is 29.6 Å². The molecule has 1 unspecified atom stereocenters. The molecule has 2 fully saturated rings. The van der Waals surface area contributed by atoms with Crippen LogP contribution in [-0.2, 0) is 4.79 Å². The summed E-state index contributed by atoms with van der Waals surface area (Å²) in [4.78, 5) is 32.9. The third-order valence-corrected chi connectivity index (χ3v) is 8.77. The van der Waals surface area contributed by atoms with E-state index in [1.807, 2.05) is 53.4 Å². The third kappa shape index (κ3) is 5.79. The van der Waals surface area contributed by atoms with Crippen molar-refractivity contribution in [2.24, 2.45) is 0 Å². The predicted molar refractivity (Wildman–Crippen MR) is 165 cm³/mol. The van der Waals surface area contributed by atoms with Crippen LogP contribution in [0.2, 0.25) is 5.02 Å². The number of hydrogen-bond donors (Lipinski definition) is 0. The summed E-state index contributed by atoms with van der Waals surface area (Å²) in [5, 5.41) is 12.8. The second kappa shape index (κ2) is 12.3. The number of nitriles is 1. The molecule has 1 amide bonds. The largest absolute Gasteiger partial charge is 0.462 e. The predicted octanol–water partition coefficient (Wildman–Crippen LogP) is 5.26. The van der Waals surface area contributed by atoms with E-state index in [2.05, 4.69) is 18.0 Å². The lowest BCUT2D eigenvalue weighted by molar-refractivity contribution is -0.138. The Hall–Kier alpha value is -4.07. The van der Waals surface area contributed by atoms with Crippen molar-refractivity contribution in [2.45, 2.75) is 44.4 Å². The van der Waals surface area contributed by atoms with Crippen molar-refractivity contribution in [1.82, 2.24) is 24.8 Å². The molecule has 3 atom stereocenters. The maximum Gasteiger partial charge on any atom is 0.320 e. The zero-order chi connectivity index (χ0) is 30.1. The summed E-state index contributed by atoms with van der Waals surface area (Å²) in [6.07, 6.45) is 0.610. The molecule has 11 heteroatoms. The number of carbonyl (C=O) groups is 1. The minimum absolute atomic E-state index is 0.0829. The highest BCUT2D eigenvalue weighted by atomic mass is 35.5. The van der Waals surface area contributed by atoms with Crippen LogP contribution < -0.4 is 9.64 Å². The van der Waals surface area contributed by atoms with Crippen molar-refractivity contribution in [2.75, 3.05) is 44.7 Å². The number of anilines is 1. The highest BCUT2D eigenvalue weighted by Gasteiger charge is 2.34. The molecule has 9 nitrogen and oxygen atoms in total. The van der Waals surface area contributed by atoms with E-state index in [0.29, 0.717) is 41.9 Å². The minimum Gasteiger partial charge on any atom is -0.462 e. The first-order valence-electron chi connectivity index (χ1n) is 14.6. The van der Waals surface area contributed by atoms with Gasteiger partial charge >= 0.3 is 6.01 Å². The lowest BCUT2D eigenvalue weighted by Crippen LogP contribution is -2.56. The van der Waals surface area contributed by atoms with Gasteiger partial charge in [0.25, 0.3) is 5.91 Å². The Labute approximate surface area is 254 Å². The normalized spacial score (nSPS) is 20.0. The fourth-order valence-corrected chi connectivity index (χ4v) is 6.43. The van der Waals surface area contributed by atoms with Crippen molar-refractivity contribution in [3.63, 3.8) is 0 Å². The molecule has 0 bridgehead atoms. The van der Waals surface area contributed by atoms with Gasteiger partial charge in [0, 0.05) is 41.6 Å². The molecule has 43 heavy (non-hydrogen) atoms. The molecule has 6 rings (SSSR count). The SMILES string of the molecule is CC(F)C(=O)N1CCN(c2nc(OC[C@@H]3CCCN3C)nc3nc(-c4cccc5cccc(Cl)c45)ccc23)C[C@@H]1CC#N. The standard InChI is InChI=1S/C32H33ClFN7O2/c1-20(34)31(42)41-17-16-40(18-22(41)13-14-35)30-25-11-12-27(24-9-3-6-21-7-4-10-26(33)28(21)24)36-29(25)37-32(38-30)43-19-23-8-5-15-39(23)2/h3-4,6-7,9-12,20,22-23H,5,8,13,15-19H2,1-2H3/t20?,22-,23-/m0/s1. The number of alkyl halides is 1. The smallest absolute Gasteiger partial charge is 0.320 e. The van der Waals surface area contributed by atoms with Gasteiger partial charge in [-0.15, -0.1) is 0 Å². The van der Waals surface area contributed by atoms with Gasteiger partial charge in [-0.2, -0.15) is 15.2 Å². The first-order valence-corrected chi connectivity index (χ1v) is 15.0. The maximum atomic E-state index is 14.0. The topological polar surface area (TPSA) is 98.5 Å². The van der Waals surface area contributed by atoms with Gasteiger partial charge in [-0.3, -0.25) is 4.79 Å². The Bertz CT molecular complexity index is 1710. The molecular weight excluding hydrogens is 569 g/mol. The molecular formula is C32H33ClFN7O2. The number of hydrogen-bond acceptors (Lipinski definition) is 8. The molecule has 0 aliphatic carbocycles. The molecule has 2 aliphatic heterocycles. The van der Waals surface area contributed by atoms with Crippen LogP contribution in [-0.4, -0.2) is 88.7 Å². The zero-order valence-corrected chi connectivity index (χ0v) is 25.0. The maximum absolute atomic E-state index is 14.0. The van der Waals surface area contributed by atoms with Gasteiger partial charge in [0.2, 0.25) is 0 Å². The average Bonchev–Trinajstić information content (AvgIpc) is 3.43. The van der Waals surface area contributed by atoms with Crippen LogP contribution >= 0.6 is 11.6 Å². The van der Waals surface area contributed by atoms with E-state index in [4.69, 9.17) is 31.3 Å². The second-order valence-electron chi connectivity index (χ2n) is 11.2. The Morgan fingerprint density at radius 3 is 2.67 bits per heavy atom. The molecule has 222 valence electrons. The Morgan fingerprint density at radius 2 is 1.93 bits per heavy atom. The molecule has 0 N–H and O–H groups in total. The molecule has 4 aromatic rings. The van der Waals surface area contributed by atoms with Crippen LogP contribution in [0.25, 0.3) is 33.1 Å². The second-order valence-corrected chi connectivity index (χ2v) is 11.6. The Morgan fingerprint density at radius 1 is 1.12 bits per heavy atom. The summed E-state index contributed by atoms with van der Waals surface area (Å²) in [6, 6.07) is 17.8. The van der Waals surface area contributed by atoms with Crippen LogP contribution in [0.1, 0.15) is 26.2 Å². The molecule has 2 aromatic heterocycles. The zero-order valence-electron chi connectivity index (χ0n) is 24.2. The molecule has 0 saturated carbocycles.